The molecular weight excluding hydrogens is 316 g/mol. The standard InChI is InChI=1S/C25H40O/c1-20(2)9-6-12-23(5)25-17-15-21(3)10-7-13-24(19-26)14-8-11-22(4)16-18-25/h9-10,12,14,16,25-26H,6-8,11,13,15,17-19H2,1-5H3/b21-10+,22-16+,23-12+,24-14+/t25-/m1/s1. The normalized spacial score (nSPS) is 27.2. The van der Waals surface area contributed by atoms with E-state index >= 15 is 0 Å². The van der Waals surface area contributed by atoms with E-state index in [1.807, 2.05) is 0 Å². The summed E-state index contributed by atoms with van der Waals surface area (Å²) in [5.74, 6) is 0.644. The summed E-state index contributed by atoms with van der Waals surface area (Å²) in [6.07, 6.45) is 20.6. The third-order valence-electron chi connectivity index (χ3n) is 5.38. The van der Waals surface area contributed by atoms with Gasteiger partial charge in [-0.3, -0.25) is 0 Å². The summed E-state index contributed by atoms with van der Waals surface area (Å²) in [6, 6.07) is 0. The molecule has 0 saturated carbocycles. The lowest BCUT2D eigenvalue weighted by Gasteiger charge is -2.18. The Labute approximate surface area is 162 Å². The van der Waals surface area contributed by atoms with E-state index in [1.54, 1.807) is 0 Å². The Morgan fingerprint density at radius 2 is 1.65 bits per heavy atom. The summed E-state index contributed by atoms with van der Waals surface area (Å²) < 4.78 is 0. The Kier molecular flexibility index (Phi) is 11.3. The van der Waals surface area contributed by atoms with Gasteiger partial charge in [0.05, 0.1) is 6.61 Å². The molecule has 0 unspecified atom stereocenters. The zero-order chi connectivity index (χ0) is 19.4. The maximum atomic E-state index is 9.52. The lowest BCUT2D eigenvalue weighted by molar-refractivity contribution is 0.326. The van der Waals surface area contributed by atoms with Gasteiger partial charge in [0.2, 0.25) is 0 Å². The molecule has 0 heterocycles. The molecule has 0 aliphatic heterocycles. The molecule has 1 aliphatic rings. The van der Waals surface area contributed by atoms with Crippen molar-refractivity contribution in [2.24, 2.45) is 5.92 Å². The minimum atomic E-state index is 0.202. The topological polar surface area (TPSA) is 20.2 Å². The molecule has 0 aromatic rings. The first-order chi connectivity index (χ1) is 12.4. The minimum absolute atomic E-state index is 0.202. The second-order valence-corrected chi connectivity index (χ2v) is 8.14. The van der Waals surface area contributed by atoms with Crippen molar-refractivity contribution in [2.45, 2.75) is 86.0 Å². The molecule has 1 nitrogen and oxygen atoms in total. The first kappa shape index (κ1) is 22.7. The van der Waals surface area contributed by atoms with Crippen molar-refractivity contribution >= 4 is 0 Å². The fraction of sp³-hybridized carbons (Fsp3) is 0.600. The number of hydrogen-bond acceptors (Lipinski definition) is 1. The fourth-order valence-electron chi connectivity index (χ4n) is 3.38. The third-order valence-corrected chi connectivity index (χ3v) is 5.38. The van der Waals surface area contributed by atoms with Crippen molar-refractivity contribution in [3.05, 3.63) is 58.2 Å². The maximum absolute atomic E-state index is 9.52. The van der Waals surface area contributed by atoms with Crippen LogP contribution in [-0.2, 0) is 0 Å². The van der Waals surface area contributed by atoms with Crippen LogP contribution in [0.2, 0.25) is 0 Å². The van der Waals surface area contributed by atoms with Crippen LogP contribution in [0.4, 0.5) is 0 Å². The van der Waals surface area contributed by atoms with Gasteiger partial charge in [-0.05, 0) is 97.5 Å². The summed E-state index contributed by atoms with van der Waals surface area (Å²) in [5.41, 5.74) is 7.08. The molecule has 1 heteroatoms. The Balaban J connectivity index is 2.88. The van der Waals surface area contributed by atoms with Crippen LogP contribution in [0.15, 0.2) is 58.2 Å². The fourth-order valence-corrected chi connectivity index (χ4v) is 3.38. The summed E-state index contributed by atoms with van der Waals surface area (Å²) in [5, 5.41) is 9.52. The van der Waals surface area contributed by atoms with Crippen LogP contribution in [0.5, 0.6) is 0 Å². The van der Waals surface area contributed by atoms with E-state index < -0.39 is 0 Å². The number of aliphatic hydroxyl groups excluding tert-OH is 1. The van der Waals surface area contributed by atoms with Crippen molar-refractivity contribution in [1.29, 1.82) is 0 Å². The second kappa shape index (κ2) is 12.9. The van der Waals surface area contributed by atoms with Crippen LogP contribution in [0.1, 0.15) is 86.0 Å². The second-order valence-electron chi connectivity index (χ2n) is 8.14. The lowest BCUT2D eigenvalue weighted by atomic mass is 9.88. The van der Waals surface area contributed by atoms with E-state index in [9.17, 15) is 5.11 Å². The molecular formula is C25H40O. The van der Waals surface area contributed by atoms with E-state index in [1.165, 1.54) is 40.7 Å². The van der Waals surface area contributed by atoms with Gasteiger partial charge in [-0.2, -0.15) is 0 Å². The van der Waals surface area contributed by atoms with E-state index in [0.717, 1.165) is 38.5 Å². The van der Waals surface area contributed by atoms with Crippen LogP contribution >= 0.6 is 0 Å². The van der Waals surface area contributed by atoms with Crippen molar-refractivity contribution in [3.8, 4) is 0 Å². The molecule has 146 valence electrons. The number of allylic oxidation sites excluding steroid dienone is 9. The molecule has 0 bridgehead atoms. The van der Waals surface area contributed by atoms with Crippen LogP contribution in [0.25, 0.3) is 0 Å². The molecule has 0 aromatic heterocycles. The molecule has 0 radical (unpaired) electrons. The molecule has 0 saturated heterocycles. The Bertz CT molecular complexity index is 565. The van der Waals surface area contributed by atoms with Gasteiger partial charge in [0.25, 0.3) is 0 Å². The van der Waals surface area contributed by atoms with Gasteiger partial charge in [0, 0.05) is 0 Å². The van der Waals surface area contributed by atoms with Crippen LogP contribution in [0, 0.1) is 5.92 Å². The zero-order valence-electron chi connectivity index (χ0n) is 17.8. The molecule has 1 aliphatic carbocycles. The molecule has 1 atom stereocenters. The molecule has 26 heavy (non-hydrogen) atoms. The van der Waals surface area contributed by atoms with Gasteiger partial charge in [-0.25, -0.2) is 0 Å². The molecule has 1 rings (SSSR count). The van der Waals surface area contributed by atoms with Crippen LogP contribution in [0.3, 0.4) is 0 Å². The summed E-state index contributed by atoms with van der Waals surface area (Å²) >= 11 is 0. The monoisotopic (exact) mass is 356 g/mol. The third kappa shape index (κ3) is 9.97. The summed E-state index contributed by atoms with van der Waals surface area (Å²) in [7, 11) is 0. The predicted octanol–water partition coefficient (Wildman–Crippen LogP) is 7.46. The van der Waals surface area contributed by atoms with Crippen LogP contribution in [-0.4, -0.2) is 11.7 Å². The highest BCUT2D eigenvalue weighted by Crippen LogP contribution is 2.26. The van der Waals surface area contributed by atoms with Gasteiger partial charge < -0.3 is 5.11 Å². The number of hydrogen-bond donors (Lipinski definition) is 1. The van der Waals surface area contributed by atoms with Crippen molar-refractivity contribution in [1.82, 2.24) is 0 Å². The highest BCUT2D eigenvalue weighted by molar-refractivity contribution is 5.13. The Morgan fingerprint density at radius 3 is 2.35 bits per heavy atom. The first-order valence-electron chi connectivity index (χ1n) is 10.3. The average molecular weight is 357 g/mol. The number of aliphatic hydroxyl groups is 1. The quantitative estimate of drug-likeness (QED) is 0.518. The number of rotatable bonds is 4. The van der Waals surface area contributed by atoms with Gasteiger partial charge in [-0.15, -0.1) is 0 Å². The van der Waals surface area contributed by atoms with Crippen molar-refractivity contribution < 1.29 is 5.11 Å². The van der Waals surface area contributed by atoms with Crippen LogP contribution < -0.4 is 0 Å². The maximum Gasteiger partial charge on any atom is 0.0641 e. The Morgan fingerprint density at radius 1 is 0.962 bits per heavy atom. The lowest BCUT2D eigenvalue weighted by Crippen LogP contribution is -2.03. The SMILES string of the molecule is CC(C)=CC/C=C(\C)[C@H]1C/C=C(\C)CC/C=C(/CO)CC/C=C(\C)CC1. The molecule has 0 fully saturated rings. The van der Waals surface area contributed by atoms with Gasteiger partial charge in [0.1, 0.15) is 0 Å². The van der Waals surface area contributed by atoms with E-state index in [0.29, 0.717) is 5.92 Å². The molecule has 1 N–H and O–H groups in total. The smallest absolute Gasteiger partial charge is 0.0641 e. The first-order valence-corrected chi connectivity index (χ1v) is 10.3. The van der Waals surface area contributed by atoms with Gasteiger partial charge in [0.15, 0.2) is 0 Å². The van der Waals surface area contributed by atoms with E-state index in [-0.39, 0.29) is 6.61 Å². The highest BCUT2D eigenvalue weighted by atomic mass is 16.3. The molecule has 0 amide bonds. The van der Waals surface area contributed by atoms with E-state index in [4.69, 9.17) is 0 Å². The average Bonchev–Trinajstić information content (AvgIpc) is 2.59. The summed E-state index contributed by atoms with van der Waals surface area (Å²) in [6.45, 7) is 11.4. The minimum Gasteiger partial charge on any atom is -0.392 e. The van der Waals surface area contributed by atoms with Gasteiger partial charge in [-0.1, -0.05) is 52.7 Å². The van der Waals surface area contributed by atoms with Gasteiger partial charge >= 0.3 is 0 Å². The highest BCUT2D eigenvalue weighted by Gasteiger charge is 2.10. The van der Waals surface area contributed by atoms with Crippen molar-refractivity contribution in [2.75, 3.05) is 6.61 Å². The van der Waals surface area contributed by atoms with Crippen molar-refractivity contribution in [3.63, 3.8) is 0 Å². The molecule has 0 aromatic carbocycles. The molecule has 0 spiro atoms. The zero-order valence-corrected chi connectivity index (χ0v) is 17.8. The predicted molar refractivity (Wildman–Crippen MR) is 116 cm³/mol. The Hall–Kier alpha value is -1.34. The summed E-state index contributed by atoms with van der Waals surface area (Å²) in [4.78, 5) is 0. The van der Waals surface area contributed by atoms with E-state index in [2.05, 4.69) is 65.0 Å². The largest absolute Gasteiger partial charge is 0.392 e.